The van der Waals surface area contributed by atoms with Crippen LogP contribution in [0, 0.1) is 6.92 Å². The molecule has 2 heterocycles. The first-order valence-electron chi connectivity index (χ1n) is 8.41. The molecular formula is C18H21NO8. The van der Waals surface area contributed by atoms with Gasteiger partial charge in [0.2, 0.25) is 12.2 Å². The topological polar surface area (TPSA) is 138 Å². The number of fused-ring (bicyclic) bond motifs is 1. The molecule has 4 N–H and O–H groups in total. The summed E-state index contributed by atoms with van der Waals surface area (Å²) in [4.78, 5) is 23.1. The zero-order valence-electron chi connectivity index (χ0n) is 14.8. The van der Waals surface area contributed by atoms with Crippen LogP contribution < -0.4 is 15.7 Å². The highest BCUT2D eigenvalue weighted by molar-refractivity contribution is 5.86. The summed E-state index contributed by atoms with van der Waals surface area (Å²) < 4.78 is 16.6. The second-order valence-electron chi connectivity index (χ2n) is 6.43. The average molecular weight is 379 g/mol. The Balaban J connectivity index is 1.99. The second kappa shape index (κ2) is 7.65. The van der Waals surface area contributed by atoms with Gasteiger partial charge in [0, 0.05) is 13.0 Å². The van der Waals surface area contributed by atoms with Gasteiger partial charge in [0.1, 0.15) is 35.7 Å². The zero-order chi connectivity index (χ0) is 19.7. The molecule has 0 saturated carbocycles. The molecule has 1 fully saturated rings. The largest absolute Gasteiger partial charge is 0.462 e. The molecule has 0 spiro atoms. The molecule has 146 valence electrons. The van der Waals surface area contributed by atoms with Crippen LogP contribution in [0.2, 0.25) is 0 Å². The van der Waals surface area contributed by atoms with Gasteiger partial charge in [0.25, 0.3) is 0 Å². The van der Waals surface area contributed by atoms with Crippen molar-refractivity contribution < 1.29 is 34.0 Å². The molecule has 0 bridgehead atoms. The van der Waals surface area contributed by atoms with Crippen molar-refractivity contribution in [2.24, 2.45) is 0 Å². The highest BCUT2D eigenvalue weighted by Gasteiger charge is 2.46. The van der Waals surface area contributed by atoms with Gasteiger partial charge < -0.3 is 34.5 Å². The fourth-order valence-electron chi connectivity index (χ4n) is 3.17. The van der Waals surface area contributed by atoms with E-state index in [0.29, 0.717) is 22.3 Å². The first kappa shape index (κ1) is 19.3. The lowest BCUT2D eigenvalue weighted by molar-refractivity contribution is -0.244. The first-order chi connectivity index (χ1) is 12.8. The van der Waals surface area contributed by atoms with Gasteiger partial charge in [-0.2, -0.15) is 0 Å². The average Bonchev–Trinajstić information content (AvgIpc) is 2.60. The van der Waals surface area contributed by atoms with Gasteiger partial charge in [-0.25, -0.2) is 4.79 Å². The lowest BCUT2D eigenvalue weighted by atomic mass is 9.97. The number of aliphatic hydroxyl groups excluding tert-OH is 3. The van der Waals surface area contributed by atoms with Gasteiger partial charge in [-0.05, 0) is 24.6 Å². The number of benzene rings is 1. The summed E-state index contributed by atoms with van der Waals surface area (Å²) in [5.41, 5.74) is 0.424. The fourth-order valence-corrected chi connectivity index (χ4v) is 3.17. The van der Waals surface area contributed by atoms with Crippen LogP contribution in [-0.4, -0.2) is 58.5 Å². The van der Waals surface area contributed by atoms with Crippen molar-refractivity contribution in [1.82, 2.24) is 5.32 Å². The standard InChI is InChI=1S/C18H21NO8/c1-8-6-13(22)25-10-4-3-5-11(14(8)10)26-18-15(19-9(2)21)17(24)16(23)12(7-20)27-18/h3-6,12,15-18,20,23-24H,7H2,1-2H3,(H,19,21)/t12-,15-,16-,17-,18-/m1/s1. The molecule has 9 heteroatoms. The molecule has 1 amide bonds. The van der Waals surface area contributed by atoms with Crippen LogP contribution >= 0.6 is 0 Å². The molecule has 1 aromatic carbocycles. The normalized spacial score (nSPS) is 28.1. The first-order valence-corrected chi connectivity index (χ1v) is 8.41. The van der Waals surface area contributed by atoms with E-state index in [1.165, 1.54) is 13.0 Å². The Bertz CT molecular complexity index is 895. The lowest BCUT2D eigenvalue weighted by Gasteiger charge is -2.42. The summed E-state index contributed by atoms with van der Waals surface area (Å²) in [6.45, 7) is 2.42. The van der Waals surface area contributed by atoms with E-state index >= 15 is 0 Å². The molecule has 0 radical (unpaired) electrons. The Morgan fingerprint density at radius 3 is 2.70 bits per heavy atom. The van der Waals surface area contributed by atoms with Crippen LogP contribution in [0.5, 0.6) is 5.75 Å². The SMILES string of the molecule is CC(=O)N[C@H]1[C@H](Oc2cccc3oc(=O)cc(C)c23)O[C@H](CO)[C@@H](O)[C@@H]1O. The molecule has 1 aliphatic heterocycles. The third-order valence-corrected chi connectivity index (χ3v) is 4.42. The van der Waals surface area contributed by atoms with E-state index in [4.69, 9.17) is 13.9 Å². The van der Waals surface area contributed by atoms with Gasteiger partial charge in [-0.15, -0.1) is 0 Å². The number of amides is 1. The summed E-state index contributed by atoms with van der Waals surface area (Å²) in [7, 11) is 0. The number of hydrogen-bond donors (Lipinski definition) is 4. The summed E-state index contributed by atoms with van der Waals surface area (Å²) in [6, 6.07) is 5.09. The zero-order valence-corrected chi connectivity index (χ0v) is 14.8. The maximum atomic E-state index is 11.6. The van der Waals surface area contributed by atoms with Crippen molar-refractivity contribution in [3.63, 3.8) is 0 Å². The van der Waals surface area contributed by atoms with Crippen LogP contribution in [0.4, 0.5) is 0 Å². The predicted molar refractivity (Wildman–Crippen MR) is 93.2 cm³/mol. The Kier molecular flexibility index (Phi) is 5.47. The summed E-state index contributed by atoms with van der Waals surface area (Å²) in [5, 5.41) is 32.8. The van der Waals surface area contributed by atoms with E-state index in [0.717, 1.165) is 0 Å². The summed E-state index contributed by atoms with van der Waals surface area (Å²) in [5.74, 6) is -0.152. The van der Waals surface area contributed by atoms with Crippen LogP contribution in [0.3, 0.4) is 0 Å². The Morgan fingerprint density at radius 2 is 2.04 bits per heavy atom. The maximum absolute atomic E-state index is 11.6. The predicted octanol–water partition coefficient (Wildman–Crippen LogP) is -0.576. The fraction of sp³-hybridized carbons (Fsp3) is 0.444. The lowest BCUT2D eigenvalue weighted by Crippen LogP contribution is -2.65. The molecule has 1 saturated heterocycles. The van der Waals surface area contributed by atoms with Gasteiger partial charge in [0.15, 0.2) is 0 Å². The number of rotatable bonds is 4. The third-order valence-electron chi connectivity index (χ3n) is 4.42. The summed E-state index contributed by atoms with van der Waals surface area (Å²) >= 11 is 0. The van der Waals surface area contributed by atoms with E-state index in [1.807, 2.05) is 0 Å². The number of carbonyl (C=O) groups is 1. The van der Waals surface area contributed by atoms with Crippen LogP contribution in [0.1, 0.15) is 12.5 Å². The van der Waals surface area contributed by atoms with Crippen molar-refractivity contribution in [2.45, 2.75) is 44.5 Å². The van der Waals surface area contributed by atoms with Gasteiger partial charge >= 0.3 is 5.63 Å². The molecule has 9 nitrogen and oxygen atoms in total. The van der Waals surface area contributed by atoms with Crippen molar-refractivity contribution in [3.8, 4) is 5.75 Å². The molecule has 5 atom stereocenters. The molecule has 0 aliphatic carbocycles. The minimum Gasteiger partial charge on any atom is -0.462 e. The van der Waals surface area contributed by atoms with Crippen molar-refractivity contribution in [3.05, 3.63) is 40.2 Å². The van der Waals surface area contributed by atoms with Gasteiger partial charge in [-0.1, -0.05) is 6.07 Å². The Morgan fingerprint density at radius 1 is 1.30 bits per heavy atom. The highest BCUT2D eigenvalue weighted by atomic mass is 16.7. The maximum Gasteiger partial charge on any atom is 0.336 e. The van der Waals surface area contributed by atoms with E-state index < -0.39 is 48.8 Å². The number of hydrogen-bond acceptors (Lipinski definition) is 8. The Hall–Kier alpha value is -2.46. The minimum absolute atomic E-state index is 0.300. The van der Waals surface area contributed by atoms with Crippen LogP contribution in [-0.2, 0) is 9.53 Å². The third kappa shape index (κ3) is 3.81. The quantitative estimate of drug-likeness (QED) is 0.518. The van der Waals surface area contributed by atoms with E-state index in [9.17, 15) is 24.9 Å². The molecule has 1 aliphatic rings. The number of carbonyl (C=O) groups excluding carboxylic acids is 1. The summed E-state index contributed by atoms with van der Waals surface area (Å²) in [6.07, 6.45) is -5.11. The number of nitrogens with one attached hydrogen (secondary N) is 1. The molecule has 3 rings (SSSR count). The molecular weight excluding hydrogens is 358 g/mol. The van der Waals surface area contributed by atoms with E-state index in [1.54, 1.807) is 25.1 Å². The van der Waals surface area contributed by atoms with Gasteiger partial charge in [0.05, 0.1) is 12.0 Å². The van der Waals surface area contributed by atoms with Crippen LogP contribution in [0.25, 0.3) is 11.0 Å². The monoisotopic (exact) mass is 379 g/mol. The second-order valence-corrected chi connectivity index (χ2v) is 6.43. The number of aryl methyl sites for hydroxylation is 1. The van der Waals surface area contributed by atoms with E-state index in [-0.39, 0.29) is 0 Å². The number of aliphatic hydroxyl groups is 3. The van der Waals surface area contributed by atoms with Gasteiger partial charge in [-0.3, -0.25) is 4.79 Å². The van der Waals surface area contributed by atoms with Crippen LogP contribution in [0.15, 0.2) is 33.5 Å². The number of ether oxygens (including phenoxy) is 2. The molecule has 27 heavy (non-hydrogen) atoms. The minimum atomic E-state index is -1.42. The molecule has 0 unspecified atom stereocenters. The molecule has 1 aromatic heterocycles. The highest BCUT2D eigenvalue weighted by Crippen LogP contribution is 2.31. The smallest absolute Gasteiger partial charge is 0.336 e. The molecule has 2 aromatic rings. The van der Waals surface area contributed by atoms with Crippen molar-refractivity contribution in [1.29, 1.82) is 0 Å². The Labute approximate surface area is 154 Å². The van der Waals surface area contributed by atoms with Crippen molar-refractivity contribution >= 4 is 16.9 Å². The van der Waals surface area contributed by atoms with E-state index in [2.05, 4.69) is 5.32 Å². The van der Waals surface area contributed by atoms with Crippen molar-refractivity contribution in [2.75, 3.05) is 6.61 Å².